The fraction of sp³-hybridized carbons (Fsp3) is 0.375. The Hall–Kier alpha value is -2.01. The molecule has 4 nitrogen and oxygen atoms in total. The molecule has 2 aromatic heterocycles. The van der Waals surface area contributed by atoms with Gasteiger partial charge in [-0.2, -0.15) is 0 Å². The second-order valence-corrected chi connectivity index (χ2v) is 5.04. The topological polar surface area (TPSA) is 47.0 Å². The van der Waals surface area contributed by atoms with Gasteiger partial charge in [-0.1, -0.05) is 0 Å². The van der Waals surface area contributed by atoms with E-state index in [9.17, 15) is 4.39 Å². The zero-order chi connectivity index (χ0) is 15.2. The zero-order valence-corrected chi connectivity index (χ0v) is 12.5. The highest BCUT2D eigenvalue weighted by atomic mass is 19.1. The van der Waals surface area contributed by atoms with Gasteiger partial charge >= 0.3 is 0 Å². The monoisotopic (exact) mass is 289 g/mol. The molecule has 2 aromatic rings. The number of ether oxygens (including phenoxy) is 1. The Bertz CT molecular complexity index is 572. The van der Waals surface area contributed by atoms with E-state index in [0.717, 1.165) is 11.3 Å². The second kappa shape index (κ2) is 7.13. The maximum atomic E-state index is 13.1. The van der Waals surface area contributed by atoms with Crippen molar-refractivity contribution in [2.45, 2.75) is 32.9 Å². The van der Waals surface area contributed by atoms with Crippen LogP contribution < -0.4 is 10.1 Å². The number of aromatic nitrogens is 2. The van der Waals surface area contributed by atoms with E-state index in [2.05, 4.69) is 29.1 Å². The predicted molar refractivity (Wildman–Crippen MR) is 79.7 cm³/mol. The maximum absolute atomic E-state index is 13.1. The van der Waals surface area contributed by atoms with Gasteiger partial charge in [-0.25, -0.2) is 4.39 Å². The minimum atomic E-state index is -0.344. The number of pyridine rings is 2. The zero-order valence-electron chi connectivity index (χ0n) is 12.5. The molecule has 5 heteroatoms. The highest BCUT2D eigenvalue weighted by Gasteiger charge is 2.17. The van der Waals surface area contributed by atoms with E-state index in [1.807, 2.05) is 13.0 Å². The molecule has 2 heterocycles. The molecule has 0 aliphatic carbocycles. The number of hydrogen-bond acceptors (Lipinski definition) is 4. The molecule has 1 N–H and O–H groups in total. The predicted octanol–water partition coefficient (Wildman–Crippen LogP) is 3.10. The van der Waals surface area contributed by atoms with Gasteiger partial charge in [0, 0.05) is 12.2 Å². The highest BCUT2D eigenvalue weighted by Crippen LogP contribution is 2.23. The van der Waals surface area contributed by atoms with E-state index in [-0.39, 0.29) is 17.9 Å². The summed E-state index contributed by atoms with van der Waals surface area (Å²) in [7, 11) is 0. The molecule has 0 fully saturated rings. The Labute approximate surface area is 124 Å². The summed E-state index contributed by atoms with van der Waals surface area (Å²) < 4.78 is 18.6. The highest BCUT2D eigenvalue weighted by molar-refractivity contribution is 5.31. The van der Waals surface area contributed by atoms with Crippen molar-refractivity contribution in [1.82, 2.24) is 15.3 Å². The van der Waals surface area contributed by atoms with Crippen molar-refractivity contribution in [2.75, 3.05) is 6.61 Å². The van der Waals surface area contributed by atoms with Gasteiger partial charge in [0.25, 0.3) is 0 Å². The fourth-order valence-electron chi connectivity index (χ4n) is 2.08. The summed E-state index contributed by atoms with van der Waals surface area (Å²) >= 11 is 0. The quantitative estimate of drug-likeness (QED) is 0.887. The summed E-state index contributed by atoms with van der Waals surface area (Å²) in [6, 6.07) is 5.12. The molecule has 0 bridgehead atoms. The third-order valence-electron chi connectivity index (χ3n) is 2.92. The van der Waals surface area contributed by atoms with Crippen molar-refractivity contribution in [3.8, 4) is 5.75 Å². The molecule has 1 atom stereocenters. The van der Waals surface area contributed by atoms with Crippen molar-refractivity contribution in [2.24, 2.45) is 0 Å². The van der Waals surface area contributed by atoms with Crippen LogP contribution in [0, 0.1) is 5.82 Å². The summed E-state index contributed by atoms with van der Waals surface area (Å²) in [5.74, 6) is 0.371. The average molecular weight is 289 g/mol. The average Bonchev–Trinajstić information content (AvgIpc) is 2.46. The van der Waals surface area contributed by atoms with Crippen LogP contribution in [0.1, 0.15) is 38.1 Å². The first-order valence-electron chi connectivity index (χ1n) is 7.05. The van der Waals surface area contributed by atoms with Gasteiger partial charge in [0.1, 0.15) is 11.6 Å². The molecule has 0 aromatic carbocycles. The molecule has 0 saturated carbocycles. The van der Waals surface area contributed by atoms with E-state index in [1.54, 1.807) is 18.5 Å². The SMILES string of the molecule is CCOc1cncc(C(NC(C)C)c2ccc(F)cn2)c1. The first-order chi connectivity index (χ1) is 10.1. The molecule has 0 amide bonds. The van der Waals surface area contributed by atoms with Gasteiger partial charge in [0.05, 0.1) is 30.7 Å². The van der Waals surface area contributed by atoms with Crippen LogP contribution in [0.2, 0.25) is 0 Å². The van der Waals surface area contributed by atoms with Gasteiger partial charge in [0.15, 0.2) is 0 Å². The van der Waals surface area contributed by atoms with Crippen LogP contribution in [0.5, 0.6) is 5.75 Å². The molecule has 1 unspecified atom stereocenters. The smallest absolute Gasteiger partial charge is 0.141 e. The normalized spacial score (nSPS) is 12.4. The Morgan fingerprint density at radius 3 is 2.67 bits per heavy atom. The van der Waals surface area contributed by atoms with Gasteiger partial charge in [-0.3, -0.25) is 9.97 Å². The molecular formula is C16H20FN3O. The minimum Gasteiger partial charge on any atom is -0.492 e. The van der Waals surface area contributed by atoms with Gasteiger partial charge in [-0.05, 0) is 44.5 Å². The molecule has 0 aliphatic heterocycles. The molecule has 112 valence electrons. The number of rotatable bonds is 6. The van der Waals surface area contributed by atoms with Crippen molar-refractivity contribution < 1.29 is 9.13 Å². The molecule has 0 radical (unpaired) electrons. The third-order valence-corrected chi connectivity index (χ3v) is 2.92. The van der Waals surface area contributed by atoms with Crippen molar-refractivity contribution in [3.63, 3.8) is 0 Å². The minimum absolute atomic E-state index is 0.154. The lowest BCUT2D eigenvalue weighted by molar-refractivity contribution is 0.338. The first-order valence-corrected chi connectivity index (χ1v) is 7.05. The number of nitrogens with one attached hydrogen (secondary N) is 1. The standard InChI is InChI=1S/C16H20FN3O/c1-4-21-14-7-12(8-18-10-14)16(20-11(2)3)15-6-5-13(17)9-19-15/h5-11,16,20H,4H2,1-3H3. The Morgan fingerprint density at radius 2 is 2.05 bits per heavy atom. The van der Waals surface area contributed by atoms with Crippen LogP contribution in [0.4, 0.5) is 4.39 Å². The summed E-state index contributed by atoms with van der Waals surface area (Å²) in [6.07, 6.45) is 4.68. The van der Waals surface area contributed by atoms with Gasteiger partial charge in [0.2, 0.25) is 0 Å². The second-order valence-electron chi connectivity index (χ2n) is 5.04. The number of nitrogens with zero attached hydrogens (tertiary/aromatic N) is 2. The van der Waals surface area contributed by atoms with Crippen molar-refractivity contribution in [1.29, 1.82) is 0 Å². The maximum Gasteiger partial charge on any atom is 0.141 e. The van der Waals surface area contributed by atoms with Crippen LogP contribution >= 0.6 is 0 Å². The number of halogens is 1. The summed E-state index contributed by atoms with van der Waals surface area (Å²) in [4.78, 5) is 8.39. The molecular weight excluding hydrogens is 269 g/mol. The lowest BCUT2D eigenvalue weighted by Crippen LogP contribution is -2.29. The Kier molecular flexibility index (Phi) is 5.22. The van der Waals surface area contributed by atoms with Crippen LogP contribution in [0.25, 0.3) is 0 Å². The van der Waals surface area contributed by atoms with E-state index >= 15 is 0 Å². The molecule has 0 aliphatic rings. The largest absolute Gasteiger partial charge is 0.492 e. The van der Waals surface area contributed by atoms with Crippen LogP contribution in [-0.2, 0) is 0 Å². The van der Waals surface area contributed by atoms with Gasteiger partial charge in [-0.15, -0.1) is 0 Å². The van der Waals surface area contributed by atoms with Crippen molar-refractivity contribution >= 4 is 0 Å². The molecule has 21 heavy (non-hydrogen) atoms. The fourth-order valence-corrected chi connectivity index (χ4v) is 2.08. The number of hydrogen-bond donors (Lipinski definition) is 1. The lowest BCUT2D eigenvalue weighted by atomic mass is 10.0. The van der Waals surface area contributed by atoms with Crippen LogP contribution in [0.15, 0.2) is 36.8 Å². The Morgan fingerprint density at radius 1 is 1.24 bits per heavy atom. The van der Waals surface area contributed by atoms with E-state index in [4.69, 9.17) is 4.74 Å². The molecule has 0 saturated heterocycles. The molecule has 2 rings (SSSR count). The summed E-state index contributed by atoms with van der Waals surface area (Å²) in [5.41, 5.74) is 1.69. The summed E-state index contributed by atoms with van der Waals surface area (Å²) in [6.45, 7) is 6.62. The van der Waals surface area contributed by atoms with Crippen LogP contribution in [0.3, 0.4) is 0 Å². The molecule has 0 spiro atoms. The van der Waals surface area contributed by atoms with E-state index in [0.29, 0.717) is 12.4 Å². The Balaban J connectivity index is 2.35. The van der Waals surface area contributed by atoms with E-state index in [1.165, 1.54) is 12.3 Å². The third kappa shape index (κ3) is 4.23. The summed E-state index contributed by atoms with van der Waals surface area (Å²) in [5, 5.41) is 3.42. The first kappa shape index (κ1) is 15.4. The van der Waals surface area contributed by atoms with Crippen LogP contribution in [-0.4, -0.2) is 22.6 Å². The van der Waals surface area contributed by atoms with Crippen molar-refractivity contribution in [3.05, 3.63) is 53.9 Å². The van der Waals surface area contributed by atoms with E-state index < -0.39 is 0 Å². The van der Waals surface area contributed by atoms with Gasteiger partial charge < -0.3 is 10.1 Å². The lowest BCUT2D eigenvalue weighted by Gasteiger charge is -2.21.